The zero-order valence-corrected chi connectivity index (χ0v) is 20.4. The van der Waals surface area contributed by atoms with E-state index in [1.807, 2.05) is 67.9 Å². The maximum Gasteiger partial charge on any atom is 0.338 e. The summed E-state index contributed by atoms with van der Waals surface area (Å²) >= 11 is 1.31. The van der Waals surface area contributed by atoms with Gasteiger partial charge in [0.1, 0.15) is 0 Å². The Labute approximate surface area is 195 Å². The van der Waals surface area contributed by atoms with Crippen molar-refractivity contribution < 1.29 is 9.53 Å². The van der Waals surface area contributed by atoms with E-state index in [0.717, 1.165) is 29.1 Å². The lowest BCUT2D eigenvalue weighted by molar-refractivity contribution is -0.136. The zero-order valence-electron chi connectivity index (χ0n) is 19.6. The van der Waals surface area contributed by atoms with Crippen molar-refractivity contribution in [2.45, 2.75) is 33.4 Å². The number of nitrogens with zero attached hydrogens (tertiary/aromatic N) is 5. The first-order valence-electron chi connectivity index (χ1n) is 10.7. The van der Waals surface area contributed by atoms with Gasteiger partial charge in [-0.05, 0) is 44.5 Å². The van der Waals surface area contributed by atoms with Crippen molar-refractivity contribution in [1.82, 2.24) is 14.3 Å². The number of benzene rings is 1. The van der Waals surface area contributed by atoms with Crippen LogP contribution in [0.25, 0.3) is 6.08 Å². The van der Waals surface area contributed by atoms with E-state index in [1.54, 1.807) is 17.7 Å². The van der Waals surface area contributed by atoms with Crippen molar-refractivity contribution in [3.8, 4) is 0 Å². The van der Waals surface area contributed by atoms with Gasteiger partial charge >= 0.3 is 5.97 Å². The standard InChI is InChI=1S/C24H27N5O3S/c1-7-28-15(3)17(13-25-28)12-19-22(30)29-21(16-8-10-18(11-9-16)27(4)5)20(23(31)32-6)14(2)26-24(29)33-19/h8-13,21H,7H2,1-6H3/t21-/m0/s1. The maximum atomic E-state index is 13.6. The molecule has 33 heavy (non-hydrogen) atoms. The number of aryl methyl sites for hydroxylation is 1. The molecule has 0 saturated carbocycles. The first kappa shape index (κ1) is 22.7. The van der Waals surface area contributed by atoms with Crippen LogP contribution in [0.15, 0.2) is 51.5 Å². The number of methoxy groups -OCH3 is 1. The van der Waals surface area contributed by atoms with Crippen LogP contribution in [0, 0.1) is 6.92 Å². The summed E-state index contributed by atoms with van der Waals surface area (Å²) in [5.41, 5.74) is 4.43. The number of fused-ring (bicyclic) bond motifs is 1. The topological polar surface area (TPSA) is 81.7 Å². The van der Waals surface area contributed by atoms with E-state index in [-0.39, 0.29) is 5.56 Å². The number of thiazole rings is 1. The first-order valence-corrected chi connectivity index (χ1v) is 11.5. The van der Waals surface area contributed by atoms with Gasteiger partial charge in [0.2, 0.25) is 0 Å². The van der Waals surface area contributed by atoms with Crippen LogP contribution in [-0.4, -0.2) is 41.5 Å². The van der Waals surface area contributed by atoms with Gasteiger partial charge in [0.25, 0.3) is 5.56 Å². The van der Waals surface area contributed by atoms with Gasteiger partial charge in [0.05, 0.1) is 35.2 Å². The van der Waals surface area contributed by atoms with Crippen LogP contribution < -0.4 is 19.8 Å². The van der Waals surface area contributed by atoms with Crippen LogP contribution in [0.3, 0.4) is 0 Å². The molecule has 0 saturated heterocycles. The molecule has 1 aliphatic heterocycles. The predicted octanol–water partition coefficient (Wildman–Crippen LogP) is 2.00. The summed E-state index contributed by atoms with van der Waals surface area (Å²) in [6.45, 7) is 6.54. The van der Waals surface area contributed by atoms with E-state index in [9.17, 15) is 9.59 Å². The minimum Gasteiger partial charge on any atom is -0.466 e. The molecular formula is C24H27N5O3S. The maximum absolute atomic E-state index is 13.6. The summed E-state index contributed by atoms with van der Waals surface area (Å²) in [4.78, 5) is 33.5. The quantitative estimate of drug-likeness (QED) is 0.539. The third-order valence-corrected chi connectivity index (χ3v) is 6.86. The largest absolute Gasteiger partial charge is 0.466 e. The SMILES string of the molecule is CCn1ncc(C=c2sc3n(c2=O)[C@@H](c2ccc(N(C)C)cc2)C(C(=O)OC)=C(C)N=3)c1C. The monoisotopic (exact) mass is 465 g/mol. The molecule has 0 unspecified atom stereocenters. The molecule has 0 radical (unpaired) electrons. The van der Waals surface area contributed by atoms with E-state index < -0.39 is 12.0 Å². The lowest BCUT2D eigenvalue weighted by Crippen LogP contribution is -2.39. The Hall–Kier alpha value is -3.46. The minimum absolute atomic E-state index is 0.196. The molecule has 0 aliphatic carbocycles. The van der Waals surface area contributed by atoms with Gasteiger partial charge in [0.15, 0.2) is 4.80 Å². The highest BCUT2D eigenvalue weighted by Crippen LogP contribution is 2.31. The van der Waals surface area contributed by atoms with Gasteiger partial charge in [-0.1, -0.05) is 23.5 Å². The second kappa shape index (κ2) is 8.82. The highest BCUT2D eigenvalue weighted by Gasteiger charge is 2.33. The number of rotatable bonds is 5. The smallest absolute Gasteiger partial charge is 0.338 e. The van der Waals surface area contributed by atoms with Crippen molar-refractivity contribution in [2.24, 2.45) is 4.99 Å². The Bertz CT molecular complexity index is 1420. The number of hydrogen-bond acceptors (Lipinski definition) is 7. The number of anilines is 1. The molecule has 2 aromatic heterocycles. The second-order valence-electron chi connectivity index (χ2n) is 8.06. The number of allylic oxidation sites excluding steroid dienone is 1. The fourth-order valence-corrected chi connectivity index (χ4v) is 5.06. The van der Waals surface area contributed by atoms with Crippen LogP contribution in [0.1, 0.15) is 36.7 Å². The number of carbonyl (C=O) groups excluding carboxylic acids is 1. The fraction of sp³-hybridized carbons (Fsp3) is 0.333. The lowest BCUT2D eigenvalue weighted by atomic mass is 9.95. The average Bonchev–Trinajstić information content (AvgIpc) is 3.31. The van der Waals surface area contributed by atoms with E-state index in [1.165, 1.54) is 18.4 Å². The van der Waals surface area contributed by atoms with Crippen molar-refractivity contribution in [3.63, 3.8) is 0 Å². The van der Waals surface area contributed by atoms with Crippen molar-refractivity contribution >= 4 is 29.1 Å². The molecule has 1 aliphatic rings. The average molecular weight is 466 g/mol. The van der Waals surface area contributed by atoms with Gasteiger partial charge in [0, 0.05) is 37.6 Å². The molecule has 0 bridgehead atoms. The van der Waals surface area contributed by atoms with Gasteiger partial charge < -0.3 is 9.64 Å². The van der Waals surface area contributed by atoms with Crippen LogP contribution in [-0.2, 0) is 16.1 Å². The highest BCUT2D eigenvalue weighted by molar-refractivity contribution is 7.07. The highest BCUT2D eigenvalue weighted by atomic mass is 32.1. The Morgan fingerprint density at radius 2 is 1.94 bits per heavy atom. The summed E-state index contributed by atoms with van der Waals surface area (Å²) < 4.78 is 9.09. The summed E-state index contributed by atoms with van der Waals surface area (Å²) in [6.07, 6.45) is 3.61. The van der Waals surface area contributed by atoms with Gasteiger partial charge in [-0.25, -0.2) is 9.79 Å². The van der Waals surface area contributed by atoms with Crippen LogP contribution in [0.2, 0.25) is 0 Å². The third kappa shape index (κ3) is 3.93. The molecule has 0 amide bonds. The number of ether oxygens (including phenoxy) is 1. The predicted molar refractivity (Wildman–Crippen MR) is 129 cm³/mol. The first-order chi connectivity index (χ1) is 15.8. The number of esters is 1. The van der Waals surface area contributed by atoms with Crippen molar-refractivity contribution in [1.29, 1.82) is 0 Å². The molecule has 1 atom stereocenters. The molecule has 0 fully saturated rings. The Balaban J connectivity index is 1.94. The van der Waals surface area contributed by atoms with Gasteiger partial charge in [-0.3, -0.25) is 14.0 Å². The summed E-state index contributed by atoms with van der Waals surface area (Å²) in [5.74, 6) is -0.493. The second-order valence-corrected chi connectivity index (χ2v) is 9.07. The number of hydrogen-bond donors (Lipinski definition) is 0. The van der Waals surface area contributed by atoms with E-state index >= 15 is 0 Å². The Morgan fingerprint density at radius 1 is 1.24 bits per heavy atom. The summed E-state index contributed by atoms with van der Waals surface area (Å²) in [7, 11) is 5.27. The van der Waals surface area contributed by atoms with E-state index in [4.69, 9.17) is 4.74 Å². The molecule has 4 rings (SSSR count). The molecular weight excluding hydrogens is 438 g/mol. The minimum atomic E-state index is -0.619. The van der Waals surface area contributed by atoms with Crippen molar-refractivity contribution in [3.05, 3.63) is 78.2 Å². The lowest BCUT2D eigenvalue weighted by Gasteiger charge is -2.25. The van der Waals surface area contributed by atoms with Crippen LogP contribution in [0.4, 0.5) is 5.69 Å². The molecule has 3 aromatic rings. The molecule has 3 heterocycles. The summed E-state index contributed by atoms with van der Waals surface area (Å²) in [5, 5.41) is 4.37. The molecule has 9 heteroatoms. The van der Waals surface area contributed by atoms with Crippen molar-refractivity contribution in [2.75, 3.05) is 26.1 Å². The molecule has 1 aromatic carbocycles. The number of aromatic nitrogens is 3. The van der Waals surface area contributed by atoms with Gasteiger partial charge in [-0.15, -0.1) is 0 Å². The Kier molecular flexibility index (Phi) is 6.07. The normalized spacial score (nSPS) is 15.9. The molecule has 0 spiro atoms. The molecule has 8 nitrogen and oxygen atoms in total. The fourth-order valence-electron chi connectivity index (χ4n) is 4.03. The third-order valence-electron chi connectivity index (χ3n) is 5.88. The summed E-state index contributed by atoms with van der Waals surface area (Å²) in [6, 6.07) is 7.20. The zero-order chi connectivity index (χ0) is 23.9. The Morgan fingerprint density at radius 3 is 2.52 bits per heavy atom. The van der Waals surface area contributed by atoms with E-state index in [0.29, 0.717) is 20.6 Å². The molecule has 172 valence electrons. The van der Waals surface area contributed by atoms with Gasteiger partial charge in [-0.2, -0.15) is 5.10 Å². The van der Waals surface area contributed by atoms with Crippen LogP contribution >= 0.6 is 11.3 Å². The van der Waals surface area contributed by atoms with E-state index in [2.05, 4.69) is 10.1 Å². The van der Waals surface area contributed by atoms with Crippen LogP contribution in [0.5, 0.6) is 0 Å². The number of carbonyl (C=O) groups is 1. The molecule has 0 N–H and O–H groups in total.